The Hall–Kier alpha value is -0.920. The van der Waals surface area contributed by atoms with Crippen LogP contribution >= 0.6 is 0 Å². The van der Waals surface area contributed by atoms with E-state index in [2.05, 4.69) is 18.4 Å². The summed E-state index contributed by atoms with van der Waals surface area (Å²) in [5, 5.41) is 0. The molecule has 0 aromatic rings. The second-order valence-electron chi connectivity index (χ2n) is 2.54. The first-order valence-electron chi connectivity index (χ1n) is 4.04. The van der Waals surface area contributed by atoms with Crippen LogP contribution in [0.2, 0.25) is 0 Å². The second-order valence-corrected chi connectivity index (χ2v) is 2.54. The number of hydrogen-bond donors (Lipinski definition) is 1. The topological polar surface area (TPSA) is 29.3 Å². The van der Waals surface area contributed by atoms with Crippen molar-refractivity contribution in [2.45, 2.75) is 26.7 Å². The fourth-order valence-electron chi connectivity index (χ4n) is 0.836. The number of nitrogens with zero attached hydrogens (tertiary/aromatic N) is 1. The van der Waals surface area contributed by atoms with Crippen molar-refractivity contribution < 1.29 is 0 Å². The van der Waals surface area contributed by atoms with E-state index < -0.39 is 0 Å². The number of rotatable bonds is 5. The fourth-order valence-corrected chi connectivity index (χ4v) is 0.836. The lowest BCUT2D eigenvalue weighted by atomic mass is 10.3. The molecule has 2 nitrogen and oxygen atoms in total. The van der Waals surface area contributed by atoms with Gasteiger partial charge in [0.1, 0.15) is 0 Å². The normalized spacial score (nSPS) is 11.3. The summed E-state index contributed by atoms with van der Waals surface area (Å²) >= 11 is 0. The molecule has 2 N–H and O–H groups in total. The van der Waals surface area contributed by atoms with Crippen LogP contribution in [0, 0.1) is 0 Å². The van der Waals surface area contributed by atoms with E-state index in [4.69, 9.17) is 5.73 Å². The highest BCUT2D eigenvalue weighted by atomic mass is 15.1. The van der Waals surface area contributed by atoms with Crippen molar-refractivity contribution in [3.63, 3.8) is 0 Å². The van der Waals surface area contributed by atoms with Crippen molar-refractivity contribution in [2.24, 2.45) is 5.73 Å². The summed E-state index contributed by atoms with van der Waals surface area (Å²) in [6.07, 6.45) is 5.80. The second kappa shape index (κ2) is 5.83. The Morgan fingerprint density at radius 3 is 2.64 bits per heavy atom. The van der Waals surface area contributed by atoms with Gasteiger partial charge in [0, 0.05) is 18.4 Å². The van der Waals surface area contributed by atoms with E-state index >= 15 is 0 Å². The highest BCUT2D eigenvalue weighted by Crippen LogP contribution is 2.03. The van der Waals surface area contributed by atoms with Crippen molar-refractivity contribution in [1.82, 2.24) is 4.90 Å². The van der Waals surface area contributed by atoms with Gasteiger partial charge in [-0.15, -0.1) is 0 Å². The number of allylic oxidation sites excluding steroid dienone is 1. The van der Waals surface area contributed by atoms with Gasteiger partial charge in [0.25, 0.3) is 0 Å². The third kappa shape index (κ3) is 3.71. The highest BCUT2D eigenvalue weighted by Gasteiger charge is 1.97. The van der Waals surface area contributed by atoms with Crippen LogP contribution in [0.3, 0.4) is 0 Å². The van der Waals surface area contributed by atoms with Gasteiger partial charge in [0.15, 0.2) is 0 Å². The monoisotopic (exact) mass is 154 g/mol. The first-order chi connectivity index (χ1) is 5.26. The summed E-state index contributed by atoms with van der Waals surface area (Å²) in [6.45, 7) is 8.88. The molecule has 0 saturated heterocycles. The van der Waals surface area contributed by atoms with Crippen LogP contribution in [-0.2, 0) is 0 Å². The average molecular weight is 154 g/mol. The van der Waals surface area contributed by atoms with Crippen LogP contribution in [0.4, 0.5) is 0 Å². The van der Waals surface area contributed by atoms with Crippen molar-refractivity contribution in [3.05, 3.63) is 24.7 Å². The van der Waals surface area contributed by atoms with Gasteiger partial charge in [-0.3, -0.25) is 0 Å². The molecule has 0 spiro atoms. The van der Waals surface area contributed by atoms with Gasteiger partial charge >= 0.3 is 0 Å². The van der Waals surface area contributed by atoms with E-state index in [9.17, 15) is 0 Å². The minimum absolute atomic E-state index is 1.01. The largest absolute Gasteiger partial charge is 0.403 e. The van der Waals surface area contributed by atoms with Crippen LogP contribution < -0.4 is 5.73 Å². The van der Waals surface area contributed by atoms with Gasteiger partial charge in [-0.2, -0.15) is 0 Å². The van der Waals surface area contributed by atoms with E-state index in [-0.39, 0.29) is 0 Å². The molecule has 2 heteroatoms. The Morgan fingerprint density at radius 1 is 1.64 bits per heavy atom. The van der Waals surface area contributed by atoms with Crippen molar-refractivity contribution in [1.29, 1.82) is 0 Å². The van der Waals surface area contributed by atoms with Crippen LogP contribution in [0.5, 0.6) is 0 Å². The Bertz CT molecular complexity index is 138. The van der Waals surface area contributed by atoms with Crippen LogP contribution in [0.15, 0.2) is 24.7 Å². The SMILES string of the molecule is C=CN(CCCC)/C(C)=C\N. The molecular formula is C9H18N2. The lowest BCUT2D eigenvalue weighted by Gasteiger charge is -2.19. The minimum Gasteiger partial charge on any atom is -0.403 e. The summed E-state index contributed by atoms with van der Waals surface area (Å²) in [7, 11) is 0. The Kier molecular flexibility index (Phi) is 5.35. The summed E-state index contributed by atoms with van der Waals surface area (Å²) in [4.78, 5) is 2.06. The zero-order chi connectivity index (χ0) is 8.69. The zero-order valence-corrected chi connectivity index (χ0v) is 7.51. The smallest absolute Gasteiger partial charge is 0.0298 e. The average Bonchev–Trinajstić information content (AvgIpc) is 2.05. The molecule has 0 amide bonds. The molecule has 0 unspecified atom stereocenters. The van der Waals surface area contributed by atoms with Gasteiger partial charge in [-0.05, 0) is 19.5 Å². The zero-order valence-electron chi connectivity index (χ0n) is 7.51. The van der Waals surface area contributed by atoms with E-state index in [1.54, 1.807) is 6.20 Å². The molecule has 11 heavy (non-hydrogen) atoms. The van der Waals surface area contributed by atoms with Crippen molar-refractivity contribution in [3.8, 4) is 0 Å². The van der Waals surface area contributed by atoms with Gasteiger partial charge < -0.3 is 10.6 Å². The molecule has 0 atom stereocenters. The van der Waals surface area contributed by atoms with E-state index in [0.29, 0.717) is 0 Å². The van der Waals surface area contributed by atoms with Gasteiger partial charge in [0.2, 0.25) is 0 Å². The molecule has 0 aromatic carbocycles. The third-order valence-corrected chi connectivity index (χ3v) is 1.67. The van der Waals surface area contributed by atoms with Crippen LogP contribution in [-0.4, -0.2) is 11.4 Å². The number of hydrogen-bond acceptors (Lipinski definition) is 2. The standard InChI is InChI=1S/C9H18N2/c1-4-6-7-11(5-2)9(3)8-10/h5,8H,2,4,6-7,10H2,1,3H3/b9-8-. The predicted molar refractivity (Wildman–Crippen MR) is 49.8 cm³/mol. The third-order valence-electron chi connectivity index (χ3n) is 1.67. The Balaban J connectivity index is 3.85. The number of unbranched alkanes of at least 4 members (excludes halogenated alkanes) is 1. The molecule has 0 aliphatic heterocycles. The molecule has 0 fully saturated rings. The van der Waals surface area contributed by atoms with Crippen LogP contribution in [0.25, 0.3) is 0 Å². The molecule has 0 saturated carbocycles. The lowest BCUT2D eigenvalue weighted by molar-refractivity contribution is 0.449. The van der Waals surface area contributed by atoms with Crippen molar-refractivity contribution in [2.75, 3.05) is 6.54 Å². The molecule has 0 aromatic heterocycles. The molecule has 0 aliphatic rings. The molecule has 0 rings (SSSR count). The summed E-state index contributed by atoms with van der Waals surface area (Å²) in [5.41, 5.74) is 6.43. The van der Waals surface area contributed by atoms with Crippen molar-refractivity contribution >= 4 is 0 Å². The van der Waals surface area contributed by atoms with E-state index in [1.807, 2.05) is 13.1 Å². The summed E-state index contributed by atoms with van der Waals surface area (Å²) < 4.78 is 0. The van der Waals surface area contributed by atoms with Gasteiger partial charge in [-0.1, -0.05) is 19.9 Å². The maximum absolute atomic E-state index is 5.37. The molecule has 0 aliphatic carbocycles. The molecular weight excluding hydrogens is 136 g/mol. The first-order valence-corrected chi connectivity index (χ1v) is 4.04. The summed E-state index contributed by atoms with van der Waals surface area (Å²) in [5.74, 6) is 0. The van der Waals surface area contributed by atoms with E-state index in [1.165, 1.54) is 12.8 Å². The lowest BCUT2D eigenvalue weighted by Crippen LogP contribution is -2.16. The van der Waals surface area contributed by atoms with Gasteiger partial charge in [0.05, 0.1) is 0 Å². The number of nitrogens with two attached hydrogens (primary N) is 1. The molecule has 0 bridgehead atoms. The maximum Gasteiger partial charge on any atom is 0.0298 e. The summed E-state index contributed by atoms with van der Waals surface area (Å²) in [6, 6.07) is 0. The molecule has 64 valence electrons. The fraction of sp³-hybridized carbons (Fsp3) is 0.556. The van der Waals surface area contributed by atoms with E-state index in [0.717, 1.165) is 12.2 Å². The predicted octanol–water partition coefficient (Wildman–Crippen LogP) is 2.05. The molecule has 0 radical (unpaired) electrons. The quantitative estimate of drug-likeness (QED) is 0.656. The highest BCUT2D eigenvalue weighted by molar-refractivity contribution is 4.98. The van der Waals surface area contributed by atoms with Gasteiger partial charge in [-0.25, -0.2) is 0 Å². The Morgan fingerprint density at radius 2 is 2.27 bits per heavy atom. The maximum atomic E-state index is 5.37. The minimum atomic E-state index is 1.01. The Labute approximate surface area is 69.4 Å². The first kappa shape index (κ1) is 10.1. The molecule has 0 heterocycles. The van der Waals surface area contributed by atoms with Crippen LogP contribution in [0.1, 0.15) is 26.7 Å².